The highest BCUT2D eigenvalue weighted by atomic mass is 32.1. The Morgan fingerprint density at radius 3 is 2.90 bits per heavy atom. The lowest BCUT2D eigenvalue weighted by molar-refractivity contribution is -0.132. The van der Waals surface area contributed by atoms with Crippen LogP contribution in [0.2, 0.25) is 0 Å². The number of piperidine rings is 1. The van der Waals surface area contributed by atoms with E-state index in [1.807, 2.05) is 21.7 Å². The zero-order valence-corrected chi connectivity index (χ0v) is 13.6. The molecule has 0 radical (unpaired) electrons. The molecule has 1 aliphatic heterocycles. The fourth-order valence-corrected chi connectivity index (χ4v) is 4.14. The van der Waals surface area contributed by atoms with E-state index >= 15 is 0 Å². The molecular weight excluding hydrogens is 304 g/mol. The van der Waals surface area contributed by atoms with Crippen molar-refractivity contribution in [1.29, 1.82) is 0 Å². The summed E-state index contributed by atoms with van der Waals surface area (Å²) < 4.78 is 5.33. The molecule has 21 heavy (non-hydrogen) atoms. The number of nitrogens with zero attached hydrogens (tertiary/aromatic N) is 2. The quantitative estimate of drug-likeness (QED) is 0.869. The highest BCUT2D eigenvalue weighted by molar-refractivity contribution is 7.20. The van der Waals surface area contributed by atoms with Crippen LogP contribution in [0.25, 0.3) is 9.88 Å². The van der Waals surface area contributed by atoms with Crippen LogP contribution in [0.1, 0.15) is 18.5 Å². The number of carbonyl (C=O) groups excluding carboxylic acids is 1. The van der Waals surface area contributed by atoms with Gasteiger partial charge in [-0.05, 0) is 24.3 Å². The van der Waals surface area contributed by atoms with Crippen molar-refractivity contribution in [3.8, 4) is 9.88 Å². The predicted octanol–water partition coefficient (Wildman–Crippen LogP) is 3.05. The lowest BCUT2D eigenvalue weighted by Crippen LogP contribution is -2.41. The Balaban J connectivity index is 1.58. The number of likely N-dealkylation sites (tertiary alicyclic amines) is 1. The molecule has 1 aliphatic rings. The lowest BCUT2D eigenvalue weighted by Gasteiger charge is -2.31. The number of thiazole rings is 1. The Bertz CT molecular complexity index is 587. The summed E-state index contributed by atoms with van der Waals surface area (Å²) in [7, 11) is 1.74. The van der Waals surface area contributed by atoms with E-state index in [0.717, 1.165) is 36.6 Å². The summed E-state index contributed by atoms with van der Waals surface area (Å²) in [4.78, 5) is 20.0. The maximum Gasteiger partial charge on any atom is 0.228 e. The van der Waals surface area contributed by atoms with Gasteiger partial charge < -0.3 is 9.64 Å². The zero-order chi connectivity index (χ0) is 14.7. The smallest absolute Gasteiger partial charge is 0.228 e. The van der Waals surface area contributed by atoms with Crippen molar-refractivity contribution >= 4 is 28.6 Å². The molecule has 1 fully saturated rings. The number of carbonyl (C=O) groups is 1. The van der Waals surface area contributed by atoms with Crippen molar-refractivity contribution in [2.45, 2.75) is 25.4 Å². The molecule has 0 atom stereocenters. The van der Waals surface area contributed by atoms with E-state index in [4.69, 9.17) is 4.74 Å². The van der Waals surface area contributed by atoms with Gasteiger partial charge in [0.15, 0.2) is 0 Å². The number of ether oxygens (including phenoxy) is 1. The fraction of sp³-hybridized carbons (Fsp3) is 0.467. The van der Waals surface area contributed by atoms with Gasteiger partial charge in [-0.3, -0.25) is 4.79 Å². The van der Waals surface area contributed by atoms with Gasteiger partial charge in [0.2, 0.25) is 5.91 Å². The van der Waals surface area contributed by atoms with E-state index < -0.39 is 0 Å². The van der Waals surface area contributed by atoms with Crippen LogP contribution in [0.3, 0.4) is 0 Å². The number of hydrogen-bond donors (Lipinski definition) is 0. The van der Waals surface area contributed by atoms with Crippen LogP contribution in [0, 0.1) is 0 Å². The zero-order valence-electron chi connectivity index (χ0n) is 11.9. The number of aromatic nitrogens is 1. The SMILES string of the molecule is COC1CCN(C(=O)Cc2csc(-c3cccs3)n2)CC1. The molecule has 0 aliphatic carbocycles. The van der Waals surface area contributed by atoms with E-state index in [9.17, 15) is 4.79 Å². The molecular formula is C15H18N2O2S2. The van der Waals surface area contributed by atoms with Crippen LogP contribution < -0.4 is 0 Å². The van der Waals surface area contributed by atoms with Gasteiger partial charge in [0, 0.05) is 25.6 Å². The summed E-state index contributed by atoms with van der Waals surface area (Å²) in [5.41, 5.74) is 0.877. The highest BCUT2D eigenvalue weighted by Crippen LogP contribution is 2.28. The molecule has 2 aromatic heterocycles. The van der Waals surface area contributed by atoms with Gasteiger partial charge in [0.25, 0.3) is 0 Å². The van der Waals surface area contributed by atoms with E-state index in [1.165, 1.54) is 4.88 Å². The second kappa shape index (κ2) is 6.68. The first kappa shape index (κ1) is 14.7. The minimum atomic E-state index is 0.174. The summed E-state index contributed by atoms with van der Waals surface area (Å²) in [5.74, 6) is 0.174. The van der Waals surface area contributed by atoms with Crippen LogP contribution in [0.4, 0.5) is 0 Å². The Morgan fingerprint density at radius 2 is 2.24 bits per heavy atom. The second-order valence-electron chi connectivity index (χ2n) is 5.11. The number of methoxy groups -OCH3 is 1. The molecule has 0 bridgehead atoms. The standard InChI is InChI=1S/C15H18N2O2S2/c1-19-12-4-6-17(7-5-12)14(18)9-11-10-21-15(16-11)13-3-2-8-20-13/h2-3,8,10,12H,4-7,9H2,1H3. The van der Waals surface area contributed by atoms with Crippen LogP contribution in [-0.2, 0) is 16.0 Å². The maximum absolute atomic E-state index is 12.3. The van der Waals surface area contributed by atoms with Crippen molar-refractivity contribution < 1.29 is 9.53 Å². The second-order valence-corrected chi connectivity index (χ2v) is 6.92. The summed E-state index contributed by atoms with van der Waals surface area (Å²) in [6.07, 6.45) is 2.57. The van der Waals surface area contributed by atoms with E-state index in [1.54, 1.807) is 29.8 Å². The molecule has 0 aromatic carbocycles. The van der Waals surface area contributed by atoms with Crippen molar-refractivity contribution in [2.24, 2.45) is 0 Å². The van der Waals surface area contributed by atoms with Crippen LogP contribution >= 0.6 is 22.7 Å². The summed E-state index contributed by atoms with van der Waals surface area (Å²) >= 11 is 3.29. The van der Waals surface area contributed by atoms with Gasteiger partial charge in [0.05, 0.1) is 23.1 Å². The molecule has 3 rings (SSSR count). The van der Waals surface area contributed by atoms with Gasteiger partial charge in [-0.2, -0.15) is 0 Å². The normalized spacial score (nSPS) is 16.3. The van der Waals surface area contributed by atoms with Crippen molar-refractivity contribution in [1.82, 2.24) is 9.88 Å². The number of amides is 1. The molecule has 1 saturated heterocycles. The minimum absolute atomic E-state index is 0.174. The Hall–Kier alpha value is -1.24. The molecule has 0 spiro atoms. The maximum atomic E-state index is 12.3. The summed E-state index contributed by atoms with van der Waals surface area (Å²) in [5, 5.41) is 5.04. The number of rotatable bonds is 4. The first-order valence-electron chi connectivity index (χ1n) is 7.05. The van der Waals surface area contributed by atoms with Crippen molar-refractivity contribution in [2.75, 3.05) is 20.2 Å². The molecule has 6 heteroatoms. The average Bonchev–Trinajstić information content (AvgIpc) is 3.18. The van der Waals surface area contributed by atoms with E-state index in [-0.39, 0.29) is 5.91 Å². The first-order valence-corrected chi connectivity index (χ1v) is 8.81. The van der Waals surface area contributed by atoms with E-state index in [2.05, 4.69) is 11.1 Å². The number of hydrogen-bond acceptors (Lipinski definition) is 5. The molecule has 2 aromatic rings. The largest absolute Gasteiger partial charge is 0.381 e. The van der Waals surface area contributed by atoms with Crippen LogP contribution in [-0.4, -0.2) is 42.1 Å². The average molecular weight is 322 g/mol. The first-order chi connectivity index (χ1) is 10.3. The van der Waals surface area contributed by atoms with Gasteiger partial charge in [-0.25, -0.2) is 4.98 Å². The minimum Gasteiger partial charge on any atom is -0.381 e. The molecule has 1 amide bonds. The summed E-state index contributed by atoms with van der Waals surface area (Å²) in [6.45, 7) is 1.58. The molecule has 112 valence electrons. The van der Waals surface area contributed by atoms with Crippen molar-refractivity contribution in [3.63, 3.8) is 0 Å². The van der Waals surface area contributed by atoms with Gasteiger partial charge >= 0.3 is 0 Å². The van der Waals surface area contributed by atoms with Gasteiger partial charge in [-0.15, -0.1) is 22.7 Å². The van der Waals surface area contributed by atoms with Crippen molar-refractivity contribution in [3.05, 3.63) is 28.6 Å². The van der Waals surface area contributed by atoms with E-state index in [0.29, 0.717) is 12.5 Å². The molecule has 0 unspecified atom stereocenters. The van der Waals surface area contributed by atoms with Gasteiger partial charge in [-0.1, -0.05) is 6.07 Å². The Morgan fingerprint density at radius 1 is 1.43 bits per heavy atom. The van der Waals surface area contributed by atoms with Crippen LogP contribution in [0.15, 0.2) is 22.9 Å². The third-order valence-electron chi connectivity index (χ3n) is 3.74. The molecule has 0 saturated carbocycles. The number of thiophene rings is 1. The molecule has 4 nitrogen and oxygen atoms in total. The van der Waals surface area contributed by atoms with Gasteiger partial charge in [0.1, 0.15) is 5.01 Å². The Labute approximate surface area is 132 Å². The molecule has 0 N–H and O–H groups in total. The highest BCUT2D eigenvalue weighted by Gasteiger charge is 2.23. The summed E-state index contributed by atoms with van der Waals surface area (Å²) in [6, 6.07) is 4.08. The van der Waals surface area contributed by atoms with Crippen LogP contribution in [0.5, 0.6) is 0 Å². The monoisotopic (exact) mass is 322 g/mol. The third-order valence-corrected chi connectivity index (χ3v) is 5.67. The topological polar surface area (TPSA) is 42.4 Å². The third kappa shape index (κ3) is 3.51. The predicted molar refractivity (Wildman–Crippen MR) is 85.7 cm³/mol. The molecule has 3 heterocycles. The fourth-order valence-electron chi connectivity index (χ4n) is 2.51. The Kier molecular flexibility index (Phi) is 4.67. The lowest BCUT2D eigenvalue weighted by atomic mass is 10.1.